The minimum absolute atomic E-state index is 0.150. The molecule has 0 bridgehead atoms. The summed E-state index contributed by atoms with van der Waals surface area (Å²) in [6, 6.07) is 12.7. The van der Waals surface area contributed by atoms with Crippen LogP contribution in [0.25, 0.3) is 11.3 Å². The maximum Gasteiger partial charge on any atom is 0.323 e. The maximum atomic E-state index is 12.7. The molecule has 1 aliphatic heterocycles. The van der Waals surface area contributed by atoms with E-state index in [2.05, 4.69) is 73.9 Å². The third kappa shape index (κ3) is 6.63. The lowest BCUT2D eigenvalue weighted by Gasteiger charge is -2.42. The number of carbonyl (C=O) groups is 2. The molecule has 7 heteroatoms. The van der Waals surface area contributed by atoms with Crippen LogP contribution in [0.2, 0.25) is 0 Å². The highest BCUT2D eigenvalue weighted by molar-refractivity contribution is 5.77. The number of aromatic nitrogens is 1. The molecular formula is C32H45N3O4. The molecule has 7 nitrogen and oxygen atoms in total. The van der Waals surface area contributed by atoms with E-state index in [9.17, 15) is 9.59 Å². The molecule has 1 unspecified atom stereocenters. The normalized spacial score (nSPS) is 19.2. The highest BCUT2D eigenvalue weighted by Gasteiger charge is 2.37. The molecule has 1 aliphatic carbocycles. The Bertz CT molecular complexity index is 1170. The lowest BCUT2D eigenvalue weighted by molar-refractivity contribution is -0.151. The molecule has 2 heterocycles. The van der Waals surface area contributed by atoms with Crippen LogP contribution in [-0.2, 0) is 29.9 Å². The number of carbonyl (C=O) groups excluding carboxylic acids is 2. The standard InChI is InChI=1S/C32H45N3O4/c1-7-38-29(36)15-14-27(30(37)39-8-2)34-18-20-35(21-19-34)28-11-9-10-26(33-28)23-12-13-24-25(22-23)32(5,6)17-16-31(24,3)4/h9-13,22,27H,7-8,14-21H2,1-6H3. The van der Waals surface area contributed by atoms with Crippen molar-refractivity contribution in [3.8, 4) is 11.3 Å². The van der Waals surface area contributed by atoms with E-state index in [1.165, 1.54) is 24.0 Å². The molecule has 2 aromatic rings. The van der Waals surface area contributed by atoms with Gasteiger partial charge in [-0.05, 0) is 73.3 Å². The van der Waals surface area contributed by atoms with Gasteiger partial charge in [0.1, 0.15) is 11.9 Å². The Hall–Kier alpha value is -2.93. The summed E-state index contributed by atoms with van der Waals surface area (Å²) in [6.45, 7) is 16.5. The first-order chi connectivity index (χ1) is 18.6. The molecule has 2 aliphatic rings. The van der Waals surface area contributed by atoms with Crippen LogP contribution in [0.4, 0.5) is 5.82 Å². The molecule has 1 atom stereocenters. The lowest BCUT2D eigenvalue weighted by atomic mass is 9.63. The number of hydrogen-bond acceptors (Lipinski definition) is 7. The zero-order chi connectivity index (χ0) is 28.2. The topological polar surface area (TPSA) is 72.0 Å². The number of anilines is 1. The van der Waals surface area contributed by atoms with E-state index in [4.69, 9.17) is 14.5 Å². The molecule has 1 saturated heterocycles. The molecule has 1 aromatic heterocycles. The molecule has 0 radical (unpaired) electrons. The van der Waals surface area contributed by atoms with E-state index < -0.39 is 6.04 Å². The predicted molar refractivity (Wildman–Crippen MR) is 155 cm³/mol. The molecule has 4 rings (SSSR count). The van der Waals surface area contributed by atoms with Crippen molar-refractivity contribution in [1.82, 2.24) is 9.88 Å². The first-order valence-corrected chi connectivity index (χ1v) is 14.5. The fourth-order valence-electron chi connectivity index (χ4n) is 5.95. The molecule has 0 saturated carbocycles. The molecule has 39 heavy (non-hydrogen) atoms. The SMILES string of the molecule is CCOC(=O)CCC(C(=O)OCC)N1CCN(c2cccc(-c3ccc4c(c3)C(C)(C)CCC4(C)C)n2)CC1. The van der Waals surface area contributed by atoms with Crippen LogP contribution >= 0.6 is 0 Å². The van der Waals surface area contributed by atoms with Crippen molar-refractivity contribution in [2.24, 2.45) is 0 Å². The van der Waals surface area contributed by atoms with Gasteiger partial charge >= 0.3 is 11.9 Å². The van der Waals surface area contributed by atoms with Gasteiger partial charge in [0.25, 0.3) is 0 Å². The summed E-state index contributed by atoms with van der Waals surface area (Å²) >= 11 is 0. The number of ether oxygens (including phenoxy) is 2. The predicted octanol–water partition coefficient (Wildman–Crippen LogP) is 5.49. The molecular weight excluding hydrogens is 490 g/mol. The third-order valence-electron chi connectivity index (χ3n) is 8.45. The van der Waals surface area contributed by atoms with Crippen molar-refractivity contribution in [1.29, 1.82) is 0 Å². The monoisotopic (exact) mass is 535 g/mol. The van der Waals surface area contributed by atoms with Gasteiger partial charge in [-0.3, -0.25) is 14.5 Å². The van der Waals surface area contributed by atoms with Crippen LogP contribution in [0.15, 0.2) is 36.4 Å². The average Bonchev–Trinajstić information content (AvgIpc) is 2.92. The van der Waals surface area contributed by atoms with E-state index in [0.717, 1.165) is 30.2 Å². The average molecular weight is 536 g/mol. The van der Waals surface area contributed by atoms with Gasteiger partial charge in [-0.25, -0.2) is 4.98 Å². The quantitative estimate of drug-likeness (QED) is 0.393. The van der Waals surface area contributed by atoms with E-state index in [0.29, 0.717) is 32.7 Å². The zero-order valence-corrected chi connectivity index (χ0v) is 24.6. The lowest BCUT2D eigenvalue weighted by Crippen LogP contribution is -2.53. The summed E-state index contributed by atoms with van der Waals surface area (Å²) in [5, 5.41) is 0. The third-order valence-corrected chi connectivity index (χ3v) is 8.45. The second-order valence-electron chi connectivity index (χ2n) is 12.0. The minimum atomic E-state index is -0.445. The van der Waals surface area contributed by atoms with E-state index in [1.54, 1.807) is 13.8 Å². The summed E-state index contributed by atoms with van der Waals surface area (Å²) in [4.78, 5) is 34.1. The van der Waals surface area contributed by atoms with Gasteiger partial charge in [-0.1, -0.05) is 45.9 Å². The molecule has 212 valence electrons. The van der Waals surface area contributed by atoms with Crippen LogP contribution in [0.1, 0.15) is 78.4 Å². The zero-order valence-electron chi connectivity index (χ0n) is 24.6. The summed E-state index contributed by atoms with van der Waals surface area (Å²) in [7, 11) is 0. The van der Waals surface area contributed by atoms with Gasteiger partial charge in [0.15, 0.2) is 0 Å². The second kappa shape index (κ2) is 12.1. The van der Waals surface area contributed by atoms with Gasteiger partial charge in [-0.15, -0.1) is 0 Å². The van der Waals surface area contributed by atoms with Crippen LogP contribution in [0.3, 0.4) is 0 Å². The Morgan fingerprint density at radius 2 is 1.56 bits per heavy atom. The number of rotatable bonds is 9. The summed E-state index contributed by atoms with van der Waals surface area (Å²) < 4.78 is 10.4. The maximum absolute atomic E-state index is 12.7. The number of esters is 2. The minimum Gasteiger partial charge on any atom is -0.466 e. The molecule has 0 amide bonds. The number of hydrogen-bond donors (Lipinski definition) is 0. The fraction of sp³-hybridized carbons (Fsp3) is 0.594. The van der Waals surface area contributed by atoms with Gasteiger partial charge in [0.2, 0.25) is 0 Å². The highest BCUT2D eigenvalue weighted by Crippen LogP contribution is 2.46. The number of pyridine rings is 1. The molecule has 1 aromatic carbocycles. The number of fused-ring (bicyclic) bond motifs is 1. The first-order valence-electron chi connectivity index (χ1n) is 14.5. The first kappa shape index (κ1) is 29.1. The van der Waals surface area contributed by atoms with Crippen LogP contribution in [0.5, 0.6) is 0 Å². The van der Waals surface area contributed by atoms with Crippen molar-refractivity contribution in [3.05, 3.63) is 47.5 Å². The molecule has 1 fully saturated rings. The molecule has 0 spiro atoms. The van der Waals surface area contributed by atoms with Crippen LogP contribution in [0, 0.1) is 0 Å². The van der Waals surface area contributed by atoms with Crippen molar-refractivity contribution in [2.75, 3.05) is 44.3 Å². The van der Waals surface area contributed by atoms with Gasteiger partial charge < -0.3 is 14.4 Å². The van der Waals surface area contributed by atoms with Crippen molar-refractivity contribution < 1.29 is 19.1 Å². The van der Waals surface area contributed by atoms with Crippen molar-refractivity contribution >= 4 is 17.8 Å². The second-order valence-corrected chi connectivity index (χ2v) is 12.0. The number of nitrogens with zero attached hydrogens (tertiary/aromatic N) is 3. The highest BCUT2D eigenvalue weighted by atomic mass is 16.5. The van der Waals surface area contributed by atoms with E-state index in [1.807, 2.05) is 0 Å². The Morgan fingerprint density at radius 3 is 2.23 bits per heavy atom. The van der Waals surface area contributed by atoms with Crippen LogP contribution < -0.4 is 4.90 Å². The summed E-state index contributed by atoms with van der Waals surface area (Å²) in [6.07, 6.45) is 2.99. The molecule has 0 N–H and O–H groups in total. The number of benzene rings is 1. The van der Waals surface area contributed by atoms with Gasteiger partial charge in [0.05, 0.1) is 18.9 Å². The Morgan fingerprint density at radius 1 is 0.897 bits per heavy atom. The fourth-order valence-corrected chi connectivity index (χ4v) is 5.95. The van der Waals surface area contributed by atoms with E-state index in [-0.39, 0.29) is 29.2 Å². The van der Waals surface area contributed by atoms with Crippen molar-refractivity contribution in [3.63, 3.8) is 0 Å². The largest absolute Gasteiger partial charge is 0.466 e. The smallest absolute Gasteiger partial charge is 0.323 e. The van der Waals surface area contributed by atoms with Gasteiger partial charge in [0, 0.05) is 38.2 Å². The van der Waals surface area contributed by atoms with E-state index >= 15 is 0 Å². The summed E-state index contributed by atoms with van der Waals surface area (Å²) in [5.41, 5.74) is 5.36. The van der Waals surface area contributed by atoms with Crippen molar-refractivity contribution in [2.45, 2.75) is 84.1 Å². The van der Waals surface area contributed by atoms with Crippen LogP contribution in [-0.4, -0.2) is 67.3 Å². The Kier molecular flexibility index (Phi) is 9.00. The van der Waals surface area contributed by atoms with Gasteiger partial charge in [-0.2, -0.15) is 0 Å². The Labute approximate surface area is 233 Å². The Balaban J connectivity index is 1.47. The number of piperazine rings is 1. The summed E-state index contributed by atoms with van der Waals surface area (Å²) in [5.74, 6) is 0.401.